The Morgan fingerprint density at radius 2 is 1.95 bits per heavy atom. The first-order valence-electron chi connectivity index (χ1n) is 7.75. The molecule has 0 heterocycles. The van der Waals surface area contributed by atoms with E-state index >= 15 is 0 Å². The Morgan fingerprint density at radius 3 is 2.48 bits per heavy atom. The predicted molar refractivity (Wildman–Crippen MR) is 84.4 cm³/mol. The van der Waals surface area contributed by atoms with Crippen LogP contribution in [0.25, 0.3) is 0 Å². The molecule has 0 radical (unpaired) electrons. The molecule has 0 unspecified atom stereocenters. The van der Waals surface area contributed by atoms with Gasteiger partial charge in [-0.1, -0.05) is 25.1 Å². The molecule has 116 valence electrons. The molecule has 4 nitrogen and oxygen atoms in total. The molecule has 2 N–H and O–H groups in total. The fourth-order valence-electron chi connectivity index (χ4n) is 3.10. The van der Waals surface area contributed by atoms with Crippen molar-refractivity contribution in [3.8, 4) is 0 Å². The number of aliphatic carboxylic acids is 1. The first kappa shape index (κ1) is 16.0. The number of rotatable bonds is 7. The molecular formula is C17H26N2O2. The molecule has 0 aliphatic heterocycles. The number of hydrogen-bond acceptors (Lipinski definition) is 3. The van der Waals surface area contributed by atoms with Gasteiger partial charge in [-0.3, -0.25) is 9.69 Å². The summed E-state index contributed by atoms with van der Waals surface area (Å²) in [7, 11) is 0. The third-order valence-electron chi connectivity index (χ3n) is 4.59. The minimum absolute atomic E-state index is 0.158. The molecule has 21 heavy (non-hydrogen) atoms. The number of hydrogen-bond donors (Lipinski definition) is 2. The van der Waals surface area contributed by atoms with E-state index in [0.717, 1.165) is 25.9 Å². The van der Waals surface area contributed by atoms with Crippen molar-refractivity contribution in [2.75, 3.05) is 13.1 Å². The Kier molecular flexibility index (Phi) is 5.37. The Hall–Kier alpha value is -1.39. The number of aryl methyl sites for hydroxylation is 2. The Bertz CT molecular complexity index is 475. The maximum absolute atomic E-state index is 10.8. The van der Waals surface area contributed by atoms with Crippen LogP contribution in [0.15, 0.2) is 18.2 Å². The summed E-state index contributed by atoms with van der Waals surface area (Å²) in [6.45, 7) is 8.20. The third kappa shape index (κ3) is 4.05. The van der Waals surface area contributed by atoms with E-state index in [1.54, 1.807) is 0 Å². The number of carbonyl (C=O) groups is 1. The van der Waals surface area contributed by atoms with Crippen LogP contribution in [0.5, 0.6) is 0 Å². The van der Waals surface area contributed by atoms with Crippen molar-refractivity contribution in [2.45, 2.75) is 52.2 Å². The third-order valence-corrected chi connectivity index (χ3v) is 4.59. The molecule has 1 aliphatic carbocycles. The van der Waals surface area contributed by atoms with Crippen molar-refractivity contribution < 1.29 is 9.90 Å². The van der Waals surface area contributed by atoms with E-state index in [4.69, 9.17) is 5.11 Å². The SMILES string of the molecule is CCN(CC(=O)O)C1CC(NCc2c(C)cccc2C)C1. The van der Waals surface area contributed by atoms with Crippen LogP contribution in [0.3, 0.4) is 0 Å². The van der Waals surface area contributed by atoms with E-state index in [1.165, 1.54) is 16.7 Å². The van der Waals surface area contributed by atoms with Crippen molar-refractivity contribution in [3.05, 3.63) is 34.9 Å². The summed E-state index contributed by atoms with van der Waals surface area (Å²) in [5.74, 6) is -0.733. The Labute approximate surface area is 127 Å². The van der Waals surface area contributed by atoms with Crippen LogP contribution in [-0.2, 0) is 11.3 Å². The zero-order chi connectivity index (χ0) is 15.4. The van der Waals surface area contributed by atoms with E-state index in [0.29, 0.717) is 12.1 Å². The molecule has 1 aromatic carbocycles. The molecule has 1 fully saturated rings. The molecule has 0 atom stereocenters. The lowest BCUT2D eigenvalue weighted by Gasteiger charge is -2.42. The normalized spacial score (nSPS) is 21.3. The fourth-order valence-corrected chi connectivity index (χ4v) is 3.10. The van der Waals surface area contributed by atoms with Crippen molar-refractivity contribution in [2.24, 2.45) is 0 Å². The van der Waals surface area contributed by atoms with Crippen molar-refractivity contribution in [1.29, 1.82) is 0 Å². The highest BCUT2D eigenvalue weighted by molar-refractivity contribution is 5.69. The van der Waals surface area contributed by atoms with Crippen LogP contribution in [0, 0.1) is 13.8 Å². The van der Waals surface area contributed by atoms with Crippen LogP contribution in [0.1, 0.15) is 36.5 Å². The van der Waals surface area contributed by atoms with Gasteiger partial charge in [0, 0.05) is 18.6 Å². The summed E-state index contributed by atoms with van der Waals surface area (Å²) in [5.41, 5.74) is 4.05. The topological polar surface area (TPSA) is 52.6 Å². The van der Waals surface area contributed by atoms with Crippen molar-refractivity contribution in [3.63, 3.8) is 0 Å². The van der Waals surface area contributed by atoms with E-state index in [1.807, 2.05) is 6.92 Å². The van der Waals surface area contributed by atoms with Gasteiger partial charge < -0.3 is 10.4 Å². The monoisotopic (exact) mass is 290 g/mol. The van der Waals surface area contributed by atoms with Crippen molar-refractivity contribution >= 4 is 5.97 Å². The van der Waals surface area contributed by atoms with Crippen LogP contribution in [0.4, 0.5) is 0 Å². The van der Waals surface area contributed by atoms with E-state index < -0.39 is 5.97 Å². The van der Waals surface area contributed by atoms with Gasteiger partial charge in [0.15, 0.2) is 0 Å². The Morgan fingerprint density at radius 1 is 1.33 bits per heavy atom. The summed E-state index contributed by atoms with van der Waals surface area (Å²) in [6, 6.07) is 7.33. The molecule has 1 saturated carbocycles. The van der Waals surface area contributed by atoms with Gasteiger partial charge in [0.25, 0.3) is 0 Å². The largest absolute Gasteiger partial charge is 0.480 e. The average molecular weight is 290 g/mol. The van der Waals surface area contributed by atoms with Crippen LogP contribution in [0.2, 0.25) is 0 Å². The molecule has 0 aromatic heterocycles. The standard InChI is InChI=1S/C17H26N2O2/c1-4-19(11-17(20)21)15-8-14(9-15)18-10-16-12(2)6-5-7-13(16)3/h5-7,14-15,18H,4,8-11H2,1-3H3,(H,20,21). The van der Waals surface area contributed by atoms with E-state index in [9.17, 15) is 4.79 Å². The van der Waals surface area contributed by atoms with Crippen LogP contribution < -0.4 is 5.32 Å². The minimum atomic E-state index is -0.733. The second-order valence-electron chi connectivity index (χ2n) is 6.03. The number of benzene rings is 1. The maximum atomic E-state index is 10.8. The number of carboxylic acids is 1. The zero-order valence-electron chi connectivity index (χ0n) is 13.2. The number of carboxylic acid groups (broad SMARTS) is 1. The highest BCUT2D eigenvalue weighted by Crippen LogP contribution is 2.26. The molecule has 2 rings (SSSR count). The minimum Gasteiger partial charge on any atom is -0.480 e. The number of likely N-dealkylation sites (N-methyl/N-ethyl adjacent to an activating group) is 1. The molecule has 1 aliphatic rings. The maximum Gasteiger partial charge on any atom is 0.317 e. The summed E-state index contributed by atoms with van der Waals surface area (Å²) in [4.78, 5) is 12.9. The second-order valence-corrected chi connectivity index (χ2v) is 6.03. The quantitative estimate of drug-likeness (QED) is 0.809. The summed E-state index contributed by atoms with van der Waals surface area (Å²) < 4.78 is 0. The summed E-state index contributed by atoms with van der Waals surface area (Å²) in [5, 5.41) is 12.5. The second kappa shape index (κ2) is 7.05. The molecule has 0 saturated heterocycles. The smallest absolute Gasteiger partial charge is 0.317 e. The fraction of sp³-hybridized carbons (Fsp3) is 0.588. The summed E-state index contributed by atoms with van der Waals surface area (Å²) >= 11 is 0. The van der Waals surface area contributed by atoms with Gasteiger partial charge in [0.1, 0.15) is 0 Å². The molecule has 0 bridgehead atoms. The van der Waals surface area contributed by atoms with Crippen molar-refractivity contribution in [1.82, 2.24) is 10.2 Å². The molecular weight excluding hydrogens is 264 g/mol. The lowest BCUT2D eigenvalue weighted by Crippen LogP contribution is -2.53. The van der Waals surface area contributed by atoms with Gasteiger partial charge in [-0.05, 0) is 49.9 Å². The van der Waals surface area contributed by atoms with Crippen LogP contribution in [-0.4, -0.2) is 41.1 Å². The first-order chi connectivity index (χ1) is 10.0. The first-order valence-corrected chi connectivity index (χ1v) is 7.75. The highest BCUT2D eigenvalue weighted by atomic mass is 16.4. The molecule has 4 heteroatoms. The van der Waals surface area contributed by atoms with Gasteiger partial charge >= 0.3 is 5.97 Å². The van der Waals surface area contributed by atoms with E-state index in [2.05, 4.69) is 42.3 Å². The van der Waals surface area contributed by atoms with Gasteiger partial charge in [-0.25, -0.2) is 0 Å². The van der Waals surface area contributed by atoms with Gasteiger partial charge in [0.2, 0.25) is 0 Å². The van der Waals surface area contributed by atoms with Crippen LogP contribution >= 0.6 is 0 Å². The summed E-state index contributed by atoms with van der Waals surface area (Å²) in [6.07, 6.45) is 2.10. The highest BCUT2D eigenvalue weighted by Gasteiger charge is 2.33. The number of nitrogens with zero attached hydrogens (tertiary/aromatic N) is 1. The lowest BCUT2D eigenvalue weighted by atomic mass is 9.85. The average Bonchev–Trinajstić information content (AvgIpc) is 2.37. The molecule has 0 spiro atoms. The van der Waals surface area contributed by atoms with Gasteiger partial charge in [0.05, 0.1) is 6.54 Å². The van der Waals surface area contributed by atoms with Gasteiger partial charge in [-0.2, -0.15) is 0 Å². The Balaban J connectivity index is 1.79. The van der Waals surface area contributed by atoms with Gasteiger partial charge in [-0.15, -0.1) is 0 Å². The number of nitrogens with one attached hydrogen (secondary N) is 1. The molecule has 0 amide bonds. The zero-order valence-corrected chi connectivity index (χ0v) is 13.2. The lowest BCUT2D eigenvalue weighted by molar-refractivity contribution is -0.139. The predicted octanol–water partition coefficient (Wildman–Crippen LogP) is 2.33. The molecule has 1 aromatic rings. The van der Waals surface area contributed by atoms with E-state index in [-0.39, 0.29) is 6.54 Å².